The van der Waals surface area contributed by atoms with Gasteiger partial charge in [-0.3, -0.25) is 0 Å². The van der Waals surface area contributed by atoms with Crippen molar-refractivity contribution in [2.24, 2.45) is 0 Å². The third-order valence-corrected chi connectivity index (χ3v) is 3.85. The van der Waals surface area contributed by atoms with Crippen molar-refractivity contribution >= 4 is 46.9 Å². The van der Waals surface area contributed by atoms with Gasteiger partial charge in [-0.1, -0.05) is 65.1 Å². The predicted octanol–water partition coefficient (Wildman–Crippen LogP) is 4.87. The summed E-state index contributed by atoms with van der Waals surface area (Å²) in [7, 11) is 0. The molecule has 0 aromatic heterocycles. The normalized spacial score (nSPS) is 11.5. The molecule has 5 nitrogen and oxygen atoms in total. The highest BCUT2D eigenvalue weighted by molar-refractivity contribution is 6.40. The first-order valence-corrected chi connectivity index (χ1v) is 8.33. The van der Waals surface area contributed by atoms with Crippen LogP contribution in [0.3, 0.4) is 0 Å². The van der Waals surface area contributed by atoms with Crippen LogP contribution in [-0.2, 0) is 16.1 Å². The molecule has 0 saturated carbocycles. The van der Waals surface area contributed by atoms with E-state index in [1.54, 1.807) is 0 Å². The number of carbonyl (C=O) groups excluding carboxylic acids is 2. The molecule has 0 bridgehead atoms. The molecule has 0 heterocycles. The van der Waals surface area contributed by atoms with E-state index in [2.05, 4.69) is 5.32 Å². The van der Waals surface area contributed by atoms with E-state index in [1.807, 2.05) is 30.3 Å². The molecule has 2 aromatic carbocycles. The van der Waals surface area contributed by atoms with Crippen molar-refractivity contribution in [3.8, 4) is 5.75 Å². The Balaban J connectivity index is 1.89. The molecule has 2 aromatic rings. The van der Waals surface area contributed by atoms with Gasteiger partial charge in [-0.15, -0.1) is 0 Å². The van der Waals surface area contributed by atoms with Gasteiger partial charge in [0.15, 0.2) is 5.75 Å². The lowest BCUT2D eigenvalue weighted by Crippen LogP contribution is -2.41. The van der Waals surface area contributed by atoms with Crippen LogP contribution >= 0.6 is 34.8 Å². The van der Waals surface area contributed by atoms with Crippen LogP contribution in [0, 0.1) is 0 Å². The summed E-state index contributed by atoms with van der Waals surface area (Å²) >= 11 is 17.7. The molecule has 1 N–H and O–H groups in total. The Kier molecular flexibility index (Phi) is 6.93. The minimum absolute atomic E-state index is 0.0240. The zero-order chi connectivity index (χ0) is 18.4. The van der Waals surface area contributed by atoms with Crippen LogP contribution in [-0.4, -0.2) is 18.1 Å². The monoisotopic (exact) mass is 401 g/mol. The molecule has 0 fully saturated rings. The maximum absolute atomic E-state index is 12.1. The van der Waals surface area contributed by atoms with Crippen LogP contribution in [0.15, 0.2) is 42.5 Å². The van der Waals surface area contributed by atoms with Gasteiger partial charge in [0.05, 0.1) is 10.0 Å². The fraction of sp³-hybridized carbons (Fsp3) is 0.176. The number of amides is 1. The number of rotatable bonds is 5. The summed E-state index contributed by atoms with van der Waals surface area (Å²) in [6.45, 7) is 1.53. The average molecular weight is 403 g/mol. The number of alkyl carbamates (subject to hydrolysis) is 1. The Labute approximate surface area is 159 Å². The lowest BCUT2D eigenvalue weighted by atomic mass is 10.2. The smallest absolute Gasteiger partial charge is 0.408 e. The van der Waals surface area contributed by atoms with Gasteiger partial charge in [0.25, 0.3) is 0 Å². The van der Waals surface area contributed by atoms with E-state index in [4.69, 9.17) is 44.3 Å². The molecule has 1 amide bonds. The predicted molar refractivity (Wildman–Crippen MR) is 96.3 cm³/mol. The van der Waals surface area contributed by atoms with Crippen molar-refractivity contribution in [1.29, 1.82) is 0 Å². The van der Waals surface area contributed by atoms with Gasteiger partial charge in [0.2, 0.25) is 0 Å². The van der Waals surface area contributed by atoms with Gasteiger partial charge in [-0.25, -0.2) is 9.59 Å². The van der Waals surface area contributed by atoms with Crippen LogP contribution in [0.1, 0.15) is 12.5 Å². The fourth-order valence-electron chi connectivity index (χ4n) is 1.82. The fourth-order valence-corrected chi connectivity index (χ4v) is 2.71. The Morgan fingerprint density at radius 1 is 1.08 bits per heavy atom. The number of hydrogen-bond donors (Lipinski definition) is 1. The highest BCUT2D eigenvalue weighted by Gasteiger charge is 2.21. The molecule has 0 aliphatic rings. The van der Waals surface area contributed by atoms with Gasteiger partial charge in [0, 0.05) is 5.02 Å². The van der Waals surface area contributed by atoms with Gasteiger partial charge < -0.3 is 14.8 Å². The van der Waals surface area contributed by atoms with Crippen LogP contribution in [0.5, 0.6) is 5.75 Å². The number of hydrogen-bond acceptors (Lipinski definition) is 4. The van der Waals surface area contributed by atoms with Crippen molar-refractivity contribution in [1.82, 2.24) is 5.32 Å². The summed E-state index contributed by atoms with van der Waals surface area (Å²) in [5, 5.41) is 2.86. The average Bonchev–Trinajstić information content (AvgIpc) is 2.57. The summed E-state index contributed by atoms with van der Waals surface area (Å²) in [4.78, 5) is 23.8. The maximum atomic E-state index is 12.1. The summed E-state index contributed by atoms with van der Waals surface area (Å²) in [5.41, 5.74) is 0.826. The van der Waals surface area contributed by atoms with Crippen LogP contribution in [0.25, 0.3) is 0 Å². The van der Waals surface area contributed by atoms with Gasteiger partial charge in [-0.2, -0.15) is 0 Å². The van der Waals surface area contributed by atoms with E-state index in [0.29, 0.717) is 5.02 Å². The van der Waals surface area contributed by atoms with E-state index in [-0.39, 0.29) is 22.4 Å². The number of ether oxygens (including phenoxy) is 2. The Morgan fingerprint density at radius 2 is 1.68 bits per heavy atom. The van der Waals surface area contributed by atoms with Gasteiger partial charge >= 0.3 is 12.1 Å². The van der Waals surface area contributed by atoms with E-state index in [9.17, 15) is 9.59 Å². The zero-order valence-corrected chi connectivity index (χ0v) is 15.4. The molecule has 8 heteroatoms. The van der Waals surface area contributed by atoms with Crippen molar-refractivity contribution in [2.45, 2.75) is 19.6 Å². The lowest BCUT2D eigenvalue weighted by molar-refractivity contribution is -0.136. The Hall–Kier alpha value is -1.95. The number of halogens is 3. The highest BCUT2D eigenvalue weighted by Crippen LogP contribution is 2.35. The quantitative estimate of drug-likeness (QED) is 0.572. The minimum Gasteiger partial charge on any atom is -0.445 e. The third kappa shape index (κ3) is 5.81. The van der Waals surface area contributed by atoms with Crippen LogP contribution < -0.4 is 10.1 Å². The topological polar surface area (TPSA) is 64.6 Å². The molecule has 0 unspecified atom stereocenters. The molecule has 2 rings (SSSR count). The van der Waals surface area contributed by atoms with E-state index in [0.717, 1.165) is 5.56 Å². The van der Waals surface area contributed by atoms with Gasteiger partial charge in [0.1, 0.15) is 12.6 Å². The summed E-state index contributed by atoms with van der Waals surface area (Å²) < 4.78 is 10.2. The Bertz CT molecular complexity index is 745. The molecule has 1 atom stereocenters. The summed E-state index contributed by atoms with van der Waals surface area (Å²) in [6.07, 6.45) is -0.749. The minimum atomic E-state index is -0.967. The first-order valence-electron chi connectivity index (χ1n) is 7.20. The maximum Gasteiger partial charge on any atom is 0.408 e. The molecule has 0 saturated heterocycles. The highest BCUT2D eigenvalue weighted by atomic mass is 35.5. The van der Waals surface area contributed by atoms with Crippen molar-refractivity contribution in [3.63, 3.8) is 0 Å². The Morgan fingerprint density at radius 3 is 2.28 bits per heavy atom. The number of nitrogens with one attached hydrogen (secondary N) is 1. The SMILES string of the molecule is C[C@H](NC(=O)OCc1ccccc1)C(=O)Oc1c(Cl)cc(Cl)cc1Cl. The van der Waals surface area contributed by atoms with Crippen molar-refractivity contribution < 1.29 is 19.1 Å². The number of benzene rings is 2. The number of carbonyl (C=O) groups is 2. The van der Waals surface area contributed by atoms with Crippen molar-refractivity contribution in [2.75, 3.05) is 0 Å². The standard InChI is InChI=1S/C17H14Cl3NO4/c1-10(21-17(23)24-9-11-5-3-2-4-6-11)16(22)25-15-13(19)7-12(18)8-14(15)20/h2-8,10H,9H2,1H3,(H,21,23)/t10-/m0/s1. The van der Waals surface area contributed by atoms with E-state index >= 15 is 0 Å². The third-order valence-electron chi connectivity index (χ3n) is 3.07. The zero-order valence-electron chi connectivity index (χ0n) is 13.1. The lowest BCUT2D eigenvalue weighted by Gasteiger charge is -2.15. The molecule has 132 valence electrons. The second kappa shape index (κ2) is 8.94. The molecule has 25 heavy (non-hydrogen) atoms. The summed E-state index contributed by atoms with van der Waals surface area (Å²) in [6, 6.07) is 11.0. The van der Waals surface area contributed by atoms with E-state index in [1.165, 1.54) is 19.1 Å². The molecule has 0 radical (unpaired) electrons. The second-order valence-corrected chi connectivity index (χ2v) is 6.30. The molecule has 0 spiro atoms. The molecular weight excluding hydrogens is 389 g/mol. The van der Waals surface area contributed by atoms with E-state index < -0.39 is 18.1 Å². The summed E-state index contributed by atoms with van der Waals surface area (Å²) in [5.74, 6) is -0.771. The molecule has 0 aliphatic heterocycles. The number of esters is 1. The van der Waals surface area contributed by atoms with Crippen molar-refractivity contribution in [3.05, 3.63) is 63.1 Å². The van der Waals surface area contributed by atoms with Gasteiger partial charge in [-0.05, 0) is 24.6 Å². The first kappa shape index (κ1) is 19.4. The first-order chi connectivity index (χ1) is 11.9. The van der Waals surface area contributed by atoms with Crippen LogP contribution in [0.2, 0.25) is 15.1 Å². The second-order valence-electron chi connectivity index (χ2n) is 5.05. The molecule has 0 aliphatic carbocycles. The molecular formula is C17H14Cl3NO4. The largest absolute Gasteiger partial charge is 0.445 e. The van der Waals surface area contributed by atoms with Crippen LogP contribution in [0.4, 0.5) is 4.79 Å².